The highest BCUT2D eigenvalue weighted by Crippen LogP contribution is 2.24. The first-order valence-electron chi connectivity index (χ1n) is 9.06. The van der Waals surface area contributed by atoms with E-state index in [9.17, 15) is 4.79 Å². The third-order valence-electron chi connectivity index (χ3n) is 4.74. The minimum absolute atomic E-state index is 0.186. The maximum Gasteiger partial charge on any atom is 0.303 e. The second-order valence-electron chi connectivity index (χ2n) is 6.73. The van der Waals surface area contributed by atoms with Crippen molar-refractivity contribution in [2.75, 3.05) is 0 Å². The smallest absolute Gasteiger partial charge is 0.303 e. The van der Waals surface area contributed by atoms with E-state index in [1.807, 2.05) is 12.1 Å². The molecule has 0 spiro atoms. The molecule has 0 aromatic heterocycles. The summed E-state index contributed by atoms with van der Waals surface area (Å²) in [6.07, 6.45) is 2.75. The van der Waals surface area contributed by atoms with E-state index in [0.717, 1.165) is 18.4 Å². The molecular weight excluding hydrogens is 320 g/mol. The van der Waals surface area contributed by atoms with Gasteiger partial charge in [0.05, 0.1) is 0 Å². The second-order valence-corrected chi connectivity index (χ2v) is 6.73. The van der Waals surface area contributed by atoms with E-state index < -0.39 is 5.97 Å². The number of carbonyl (C=O) groups is 1. The first-order chi connectivity index (χ1) is 12.6. The molecule has 0 radical (unpaired) electrons. The van der Waals surface area contributed by atoms with Crippen LogP contribution < -0.4 is 0 Å². The zero-order chi connectivity index (χ0) is 18.4. The van der Waals surface area contributed by atoms with Crippen LogP contribution in [-0.4, -0.2) is 11.1 Å². The summed E-state index contributed by atoms with van der Waals surface area (Å²) in [6, 6.07) is 25.6. The molecule has 0 amide bonds. The van der Waals surface area contributed by atoms with Gasteiger partial charge in [-0.25, -0.2) is 0 Å². The van der Waals surface area contributed by atoms with Gasteiger partial charge >= 0.3 is 5.97 Å². The molecule has 3 aromatic rings. The van der Waals surface area contributed by atoms with Crippen molar-refractivity contribution in [1.29, 1.82) is 0 Å². The lowest BCUT2D eigenvalue weighted by molar-refractivity contribution is -0.136. The Hall–Kier alpha value is -2.87. The van der Waals surface area contributed by atoms with Gasteiger partial charge in [-0.1, -0.05) is 72.8 Å². The highest BCUT2D eigenvalue weighted by molar-refractivity contribution is 5.68. The zero-order valence-electron chi connectivity index (χ0n) is 15.1. The number of hydrogen-bond acceptors (Lipinski definition) is 1. The molecule has 0 unspecified atom stereocenters. The fourth-order valence-corrected chi connectivity index (χ4v) is 3.20. The number of aryl methyl sites for hydroxylation is 4. The lowest BCUT2D eigenvalue weighted by atomic mass is 9.96. The largest absolute Gasteiger partial charge is 0.481 e. The molecule has 2 nitrogen and oxygen atoms in total. The highest BCUT2D eigenvalue weighted by atomic mass is 16.4. The van der Waals surface area contributed by atoms with Crippen molar-refractivity contribution in [1.82, 2.24) is 0 Å². The SMILES string of the molecule is Cc1ccccc1-c1cccc(CCc2ccc(CCC(=O)O)cc2)c1. The molecule has 26 heavy (non-hydrogen) atoms. The summed E-state index contributed by atoms with van der Waals surface area (Å²) in [5.41, 5.74) is 7.55. The summed E-state index contributed by atoms with van der Waals surface area (Å²) >= 11 is 0. The van der Waals surface area contributed by atoms with Crippen molar-refractivity contribution < 1.29 is 9.90 Å². The van der Waals surface area contributed by atoms with Crippen molar-refractivity contribution in [3.05, 3.63) is 95.1 Å². The van der Waals surface area contributed by atoms with Crippen LogP contribution in [0, 0.1) is 6.92 Å². The van der Waals surface area contributed by atoms with Gasteiger partial charge in [0.15, 0.2) is 0 Å². The lowest BCUT2D eigenvalue weighted by Crippen LogP contribution is -1.98. The molecule has 3 aromatic carbocycles. The molecule has 0 atom stereocenters. The Morgan fingerprint density at radius 2 is 1.42 bits per heavy atom. The number of benzene rings is 3. The average Bonchev–Trinajstić information content (AvgIpc) is 2.66. The molecular formula is C24H24O2. The summed E-state index contributed by atoms with van der Waals surface area (Å²) in [4.78, 5) is 10.6. The molecule has 0 heterocycles. The van der Waals surface area contributed by atoms with Crippen LogP contribution in [0.1, 0.15) is 28.7 Å². The third kappa shape index (κ3) is 4.82. The minimum Gasteiger partial charge on any atom is -0.481 e. The lowest BCUT2D eigenvalue weighted by Gasteiger charge is -2.09. The number of aliphatic carboxylic acids is 1. The van der Waals surface area contributed by atoms with E-state index in [-0.39, 0.29) is 6.42 Å². The molecule has 0 saturated carbocycles. The van der Waals surface area contributed by atoms with E-state index >= 15 is 0 Å². The maximum atomic E-state index is 10.6. The van der Waals surface area contributed by atoms with Crippen LogP contribution in [0.3, 0.4) is 0 Å². The van der Waals surface area contributed by atoms with Crippen LogP contribution in [0.5, 0.6) is 0 Å². The van der Waals surface area contributed by atoms with Gasteiger partial charge in [-0.2, -0.15) is 0 Å². The quantitative estimate of drug-likeness (QED) is 0.617. The van der Waals surface area contributed by atoms with Crippen molar-refractivity contribution in [2.45, 2.75) is 32.6 Å². The molecule has 0 aliphatic rings. The van der Waals surface area contributed by atoms with Crippen molar-refractivity contribution in [3.63, 3.8) is 0 Å². The summed E-state index contributed by atoms with van der Waals surface area (Å²) < 4.78 is 0. The molecule has 3 rings (SSSR count). The van der Waals surface area contributed by atoms with Gasteiger partial charge in [0.1, 0.15) is 0 Å². The topological polar surface area (TPSA) is 37.3 Å². The molecule has 0 saturated heterocycles. The monoisotopic (exact) mass is 344 g/mol. The van der Waals surface area contributed by atoms with E-state index in [0.29, 0.717) is 6.42 Å². The molecule has 0 aliphatic heterocycles. The standard InChI is InChI=1S/C24H24O2/c1-18-5-2-3-8-23(18)22-7-4-6-21(17-22)14-13-19-9-11-20(12-10-19)15-16-24(25)26/h2-12,17H,13-16H2,1H3,(H,25,26). The van der Waals surface area contributed by atoms with E-state index in [2.05, 4.69) is 67.6 Å². The molecule has 2 heteroatoms. The van der Waals surface area contributed by atoms with Crippen molar-refractivity contribution in [2.24, 2.45) is 0 Å². The third-order valence-corrected chi connectivity index (χ3v) is 4.74. The van der Waals surface area contributed by atoms with Crippen LogP contribution in [0.2, 0.25) is 0 Å². The van der Waals surface area contributed by atoms with Crippen molar-refractivity contribution in [3.8, 4) is 11.1 Å². The van der Waals surface area contributed by atoms with Crippen LogP contribution in [0.4, 0.5) is 0 Å². The summed E-state index contributed by atoms with van der Waals surface area (Å²) in [5, 5.41) is 8.76. The predicted molar refractivity (Wildman–Crippen MR) is 106 cm³/mol. The summed E-state index contributed by atoms with van der Waals surface area (Å²) in [7, 11) is 0. The Balaban J connectivity index is 1.64. The maximum absolute atomic E-state index is 10.6. The Labute approximate surface area is 155 Å². The number of hydrogen-bond donors (Lipinski definition) is 1. The van der Waals surface area contributed by atoms with Crippen LogP contribution in [0.25, 0.3) is 11.1 Å². The van der Waals surface area contributed by atoms with Gasteiger partial charge < -0.3 is 5.11 Å². The zero-order valence-corrected chi connectivity index (χ0v) is 15.1. The fraction of sp³-hybridized carbons (Fsp3) is 0.208. The molecule has 0 aliphatic carbocycles. The van der Waals surface area contributed by atoms with Gasteiger partial charge in [0.25, 0.3) is 0 Å². The van der Waals surface area contributed by atoms with E-state index in [1.165, 1.54) is 27.8 Å². The number of carboxylic acids is 1. The Kier molecular flexibility index (Phi) is 5.85. The Bertz CT molecular complexity index is 879. The minimum atomic E-state index is -0.748. The first-order valence-corrected chi connectivity index (χ1v) is 9.06. The number of rotatable bonds is 7. The normalized spacial score (nSPS) is 10.7. The molecule has 0 fully saturated rings. The fourth-order valence-electron chi connectivity index (χ4n) is 3.20. The summed E-state index contributed by atoms with van der Waals surface area (Å²) in [5.74, 6) is -0.748. The number of carboxylic acid groups (broad SMARTS) is 1. The van der Waals surface area contributed by atoms with Crippen LogP contribution in [-0.2, 0) is 24.1 Å². The Morgan fingerprint density at radius 1 is 0.769 bits per heavy atom. The van der Waals surface area contributed by atoms with Crippen LogP contribution >= 0.6 is 0 Å². The van der Waals surface area contributed by atoms with Crippen LogP contribution in [0.15, 0.2) is 72.8 Å². The predicted octanol–water partition coefficient (Wildman–Crippen LogP) is 5.46. The summed E-state index contributed by atoms with van der Waals surface area (Å²) in [6.45, 7) is 2.15. The highest BCUT2D eigenvalue weighted by Gasteiger charge is 2.03. The van der Waals surface area contributed by atoms with Gasteiger partial charge in [0, 0.05) is 6.42 Å². The van der Waals surface area contributed by atoms with E-state index in [1.54, 1.807) is 0 Å². The first kappa shape index (κ1) is 17.9. The van der Waals surface area contributed by atoms with Gasteiger partial charge in [-0.3, -0.25) is 4.79 Å². The van der Waals surface area contributed by atoms with Gasteiger partial charge in [-0.15, -0.1) is 0 Å². The molecule has 0 bridgehead atoms. The molecule has 132 valence electrons. The average molecular weight is 344 g/mol. The second kappa shape index (κ2) is 8.48. The van der Waals surface area contributed by atoms with E-state index in [4.69, 9.17) is 5.11 Å². The Morgan fingerprint density at radius 3 is 2.12 bits per heavy atom. The van der Waals surface area contributed by atoms with Gasteiger partial charge in [-0.05, 0) is 59.6 Å². The van der Waals surface area contributed by atoms with Gasteiger partial charge in [0.2, 0.25) is 0 Å². The molecule has 1 N–H and O–H groups in total. The van der Waals surface area contributed by atoms with Crippen molar-refractivity contribution >= 4 is 5.97 Å².